The van der Waals surface area contributed by atoms with Crippen LogP contribution in [0.1, 0.15) is 0 Å². The van der Waals surface area contributed by atoms with Crippen LogP contribution in [0.4, 0.5) is 21.9 Å². The Bertz CT molecular complexity index is 1010. The van der Waals surface area contributed by atoms with Crippen molar-refractivity contribution in [1.29, 1.82) is 0 Å². The van der Waals surface area contributed by atoms with Crippen LogP contribution in [0.15, 0.2) is 71.2 Å². The summed E-state index contributed by atoms with van der Waals surface area (Å²) in [7, 11) is 0. The van der Waals surface area contributed by atoms with Gasteiger partial charge in [-0.3, -0.25) is 10.1 Å². The van der Waals surface area contributed by atoms with E-state index >= 15 is 0 Å². The maximum atomic E-state index is 12.1. The zero-order chi connectivity index (χ0) is 20.1. The molecule has 9 heteroatoms. The van der Waals surface area contributed by atoms with Crippen molar-refractivity contribution in [2.24, 2.45) is 0 Å². The molecule has 0 aromatic heterocycles. The Balaban J connectivity index is 1.62. The van der Waals surface area contributed by atoms with Gasteiger partial charge >= 0.3 is 6.03 Å². The summed E-state index contributed by atoms with van der Waals surface area (Å²) in [5, 5.41) is 16.2. The lowest BCUT2D eigenvalue weighted by Gasteiger charge is -2.11. The van der Waals surface area contributed by atoms with Crippen LogP contribution in [0.2, 0.25) is 5.02 Å². The molecule has 0 fully saturated rings. The number of nitrogens with zero attached hydrogens (tertiary/aromatic N) is 1. The van der Waals surface area contributed by atoms with Crippen LogP contribution in [0.25, 0.3) is 0 Å². The van der Waals surface area contributed by atoms with Crippen LogP contribution in [-0.4, -0.2) is 11.0 Å². The van der Waals surface area contributed by atoms with Gasteiger partial charge in [-0.15, -0.1) is 0 Å². The topological polar surface area (TPSA) is 93.5 Å². The summed E-state index contributed by atoms with van der Waals surface area (Å²) in [4.78, 5) is 22.2. The fraction of sp³-hybridized carbons (Fsp3) is 0. The minimum absolute atomic E-state index is 0.0564. The van der Waals surface area contributed by atoms with Crippen molar-refractivity contribution in [3.8, 4) is 11.5 Å². The molecule has 0 aliphatic carbocycles. The number of halogens is 2. The van der Waals surface area contributed by atoms with Crippen LogP contribution in [0.5, 0.6) is 11.5 Å². The lowest BCUT2D eigenvalue weighted by molar-refractivity contribution is -0.384. The van der Waals surface area contributed by atoms with E-state index in [2.05, 4.69) is 26.6 Å². The van der Waals surface area contributed by atoms with Gasteiger partial charge in [-0.25, -0.2) is 4.79 Å². The first-order valence-corrected chi connectivity index (χ1v) is 9.13. The Kier molecular flexibility index (Phi) is 6.13. The van der Waals surface area contributed by atoms with Crippen LogP contribution in [0, 0.1) is 10.1 Å². The number of nitro groups is 1. The van der Waals surface area contributed by atoms with Gasteiger partial charge in [0.15, 0.2) is 0 Å². The van der Waals surface area contributed by atoms with E-state index in [1.54, 1.807) is 30.3 Å². The Morgan fingerprint density at radius 3 is 2.18 bits per heavy atom. The number of ether oxygens (including phenoxy) is 1. The average Bonchev–Trinajstić information content (AvgIpc) is 2.66. The van der Waals surface area contributed by atoms with Gasteiger partial charge in [-0.2, -0.15) is 0 Å². The number of rotatable bonds is 5. The minimum atomic E-state index is -0.510. The molecule has 0 saturated heterocycles. The zero-order valence-corrected chi connectivity index (χ0v) is 16.5. The van der Waals surface area contributed by atoms with Gasteiger partial charge < -0.3 is 15.4 Å². The van der Waals surface area contributed by atoms with Crippen LogP contribution in [-0.2, 0) is 0 Å². The summed E-state index contributed by atoms with van der Waals surface area (Å²) in [6, 6.07) is 17.1. The Labute approximate surface area is 173 Å². The number of urea groups is 1. The molecule has 142 valence electrons. The molecular formula is C19H13BrClN3O4. The monoisotopic (exact) mass is 461 g/mol. The highest BCUT2D eigenvalue weighted by Crippen LogP contribution is 2.32. The number of hydrogen-bond donors (Lipinski definition) is 2. The number of carbonyl (C=O) groups excluding carboxylic acids is 1. The van der Waals surface area contributed by atoms with E-state index in [9.17, 15) is 14.9 Å². The molecule has 2 N–H and O–H groups in total. The smallest absolute Gasteiger partial charge is 0.323 e. The first-order chi connectivity index (χ1) is 13.4. The van der Waals surface area contributed by atoms with Crippen molar-refractivity contribution >= 4 is 50.6 Å². The van der Waals surface area contributed by atoms with E-state index in [0.29, 0.717) is 27.9 Å². The highest BCUT2D eigenvalue weighted by atomic mass is 79.9. The summed E-state index contributed by atoms with van der Waals surface area (Å²) in [5.41, 5.74) is 0.830. The molecule has 3 aromatic rings. The molecule has 3 rings (SSSR count). The third-order valence-electron chi connectivity index (χ3n) is 3.57. The molecule has 0 aliphatic rings. The molecule has 0 aliphatic heterocycles. The van der Waals surface area contributed by atoms with Crippen molar-refractivity contribution in [3.05, 3.63) is 86.3 Å². The zero-order valence-electron chi connectivity index (χ0n) is 14.2. The minimum Gasteiger partial charge on any atom is -0.456 e. The second kappa shape index (κ2) is 8.73. The predicted octanol–water partition coefficient (Wildman–Crippen LogP) is 6.45. The van der Waals surface area contributed by atoms with E-state index in [-0.39, 0.29) is 5.69 Å². The number of carbonyl (C=O) groups is 1. The highest BCUT2D eigenvalue weighted by molar-refractivity contribution is 9.10. The maximum Gasteiger partial charge on any atom is 0.323 e. The lowest BCUT2D eigenvalue weighted by Crippen LogP contribution is -2.19. The number of hydrogen-bond acceptors (Lipinski definition) is 4. The molecule has 0 atom stereocenters. The molecular weight excluding hydrogens is 450 g/mol. The van der Waals surface area contributed by atoms with E-state index < -0.39 is 11.0 Å². The molecule has 7 nitrogen and oxygen atoms in total. The molecule has 0 saturated carbocycles. The van der Waals surface area contributed by atoms with Crippen molar-refractivity contribution < 1.29 is 14.5 Å². The van der Waals surface area contributed by atoms with Crippen LogP contribution >= 0.6 is 27.5 Å². The maximum absolute atomic E-state index is 12.1. The first kappa shape index (κ1) is 19.7. The van der Waals surface area contributed by atoms with Gasteiger partial charge in [-0.1, -0.05) is 27.5 Å². The van der Waals surface area contributed by atoms with Gasteiger partial charge in [-0.05, 0) is 54.6 Å². The third-order valence-corrected chi connectivity index (χ3v) is 4.39. The Hall–Kier alpha value is -3.10. The van der Waals surface area contributed by atoms with Crippen molar-refractivity contribution in [1.82, 2.24) is 0 Å². The van der Waals surface area contributed by atoms with Gasteiger partial charge in [0.2, 0.25) is 0 Å². The second-order valence-corrected chi connectivity index (χ2v) is 6.91. The molecule has 3 aromatic carbocycles. The fourth-order valence-electron chi connectivity index (χ4n) is 2.25. The summed E-state index contributed by atoms with van der Waals surface area (Å²) >= 11 is 9.59. The number of anilines is 2. The predicted molar refractivity (Wildman–Crippen MR) is 111 cm³/mol. The van der Waals surface area contributed by atoms with Gasteiger partial charge in [0.05, 0.1) is 9.95 Å². The number of benzene rings is 3. The quantitative estimate of drug-likeness (QED) is 0.337. The van der Waals surface area contributed by atoms with Gasteiger partial charge in [0.1, 0.15) is 11.5 Å². The van der Waals surface area contributed by atoms with Crippen molar-refractivity contribution in [2.45, 2.75) is 0 Å². The van der Waals surface area contributed by atoms with E-state index in [1.165, 1.54) is 24.3 Å². The van der Waals surface area contributed by atoms with Crippen molar-refractivity contribution in [2.75, 3.05) is 10.6 Å². The summed E-state index contributed by atoms with van der Waals surface area (Å²) < 4.78 is 6.65. The van der Waals surface area contributed by atoms with Crippen LogP contribution < -0.4 is 15.4 Å². The van der Waals surface area contributed by atoms with Gasteiger partial charge in [0.25, 0.3) is 5.69 Å². The number of nitrogens with one attached hydrogen (secondary N) is 2. The number of nitro benzene ring substituents is 1. The van der Waals surface area contributed by atoms with Crippen LogP contribution in [0.3, 0.4) is 0 Å². The second-order valence-electron chi connectivity index (χ2n) is 5.58. The molecule has 0 radical (unpaired) electrons. The SMILES string of the molecule is O=C(Nc1ccc([N+](=O)[O-])cc1)Nc1ccc(Oc2ccc(Br)cc2)c(Cl)c1. The van der Waals surface area contributed by atoms with E-state index in [0.717, 1.165) is 4.47 Å². The summed E-state index contributed by atoms with van der Waals surface area (Å²) in [6.45, 7) is 0. The van der Waals surface area contributed by atoms with E-state index in [1.807, 2.05) is 12.1 Å². The average molecular weight is 463 g/mol. The molecule has 0 spiro atoms. The number of amides is 2. The Morgan fingerprint density at radius 2 is 1.57 bits per heavy atom. The summed E-state index contributed by atoms with van der Waals surface area (Å²) in [5.74, 6) is 1.08. The van der Waals surface area contributed by atoms with E-state index in [4.69, 9.17) is 16.3 Å². The normalized spacial score (nSPS) is 10.2. The molecule has 0 unspecified atom stereocenters. The number of non-ortho nitro benzene ring substituents is 1. The fourth-order valence-corrected chi connectivity index (χ4v) is 2.73. The molecule has 0 heterocycles. The summed E-state index contributed by atoms with van der Waals surface area (Å²) in [6.07, 6.45) is 0. The Morgan fingerprint density at radius 1 is 0.964 bits per heavy atom. The standard InChI is InChI=1S/C19H13BrClN3O4/c20-12-1-8-16(9-2-12)28-18-10-5-14(11-17(18)21)23-19(25)22-13-3-6-15(7-4-13)24(26)27/h1-11H,(H2,22,23,25). The first-order valence-electron chi connectivity index (χ1n) is 7.96. The molecule has 2 amide bonds. The third kappa shape index (κ3) is 5.21. The lowest BCUT2D eigenvalue weighted by atomic mass is 10.3. The molecule has 28 heavy (non-hydrogen) atoms. The molecule has 0 bridgehead atoms. The van der Waals surface area contributed by atoms with Gasteiger partial charge in [0, 0.05) is 28.0 Å². The highest BCUT2D eigenvalue weighted by Gasteiger charge is 2.09. The largest absolute Gasteiger partial charge is 0.456 e. The van der Waals surface area contributed by atoms with Crippen molar-refractivity contribution in [3.63, 3.8) is 0 Å².